The molecule has 3 rings (SSSR count). The highest BCUT2D eigenvalue weighted by Crippen LogP contribution is 2.31. The number of imidazole rings is 1. The number of hydrogen-bond donors (Lipinski definition) is 1. The molecule has 6 nitrogen and oxygen atoms in total. The Labute approximate surface area is 183 Å². The third-order valence-corrected chi connectivity index (χ3v) is 6.94. The first kappa shape index (κ1) is 22.7. The highest BCUT2D eigenvalue weighted by molar-refractivity contribution is 7.99. The Morgan fingerprint density at radius 3 is 2.80 bits per heavy atom. The molecule has 0 aliphatic carbocycles. The SMILES string of the molecule is CCCSCCCN1C(=O)c2nc3ccccc3n2CC1(C)C(=O)NCCC(C)C. The number of nitrogens with one attached hydrogen (secondary N) is 1. The van der Waals surface area contributed by atoms with Crippen molar-refractivity contribution < 1.29 is 9.59 Å². The second-order valence-corrected chi connectivity index (χ2v) is 9.87. The minimum absolute atomic E-state index is 0.0823. The van der Waals surface area contributed by atoms with E-state index < -0.39 is 5.54 Å². The zero-order chi connectivity index (χ0) is 21.7. The van der Waals surface area contributed by atoms with Crippen molar-refractivity contribution in [1.29, 1.82) is 0 Å². The number of benzene rings is 1. The van der Waals surface area contributed by atoms with Crippen molar-refractivity contribution in [3.63, 3.8) is 0 Å². The average Bonchev–Trinajstić information content (AvgIpc) is 3.08. The van der Waals surface area contributed by atoms with Crippen molar-refractivity contribution in [1.82, 2.24) is 19.8 Å². The summed E-state index contributed by atoms with van der Waals surface area (Å²) >= 11 is 1.90. The van der Waals surface area contributed by atoms with Crippen molar-refractivity contribution in [3.05, 3.63) is 30.1 Å². The smallest absolute Gasteiger partial charge is 0.290 e. The van der Waals surface area contributed by atoms with Crippen LogP contribution in [0.1, 0.15) is 57.6 Å². The van der Waals surface area contributed by atoms with Crippen LogP contribution in [0.5, 0.6) is 0 Å². The molecule has 1 aromatic carbocycles. The van der Waals surface area contributed by atoms with Crippen LogP contribution < -0.4 is 5.32 Å². The fraction of sp³-hybridized carbons (Fsp3) is 0.609. The molecule has 164 valence electrons. The monoisotopic (exact) mass is 430 g/mol. The molecule has 0 radical (unpaired) electrons. The van der Waals surface area contributed by atoms with Gasteiger partial charge in [0.1, 0.15) is 5.54 Å². The molecule has 0 fully saturated rings. The van der Waals surface area contributed by atoms with Gasteiger partial charge in [0.25, 0.3) is 5.91 Å². The normalized spacial score (nSPS) is 18.8. The third kappa shape index (κ3) is 4.66. The second-order valence-electron chi connectivity index (χ2n) is 8.65. The Balaban J connectivity index is 1.87. The van der Waals surface area contributed by atoms with Crippen molar-refractivity contribution in [2.75, 3.05) is 24.6 Å². The van der Waals surface area contributed by atoms with Gasteiger partial charge in [-0.05, 0) is 55.7 Å². The van der Waals surface area contributed by atoms with Crippen LogP contribution in [-0.2, 0) is 11.3 Å². The molecule has 0 saturated heterocycles. The number of rotatable bonds is 10. The van der Waals surface area contributed by atoms with Crippen molar-refractivity contribution in [2.24, 2.45) is 5.92 Å². The fourth-order valence-electron chi connectivity index (χ4n) is 3.92. The molecule has 1 aliphatic heterocycles. The molecule has 1 aromatic heterocycles. The highest BCUT2D eigenvalue weighted by atomic mass is 32.2. The topological polar surface area (TPSA) is 67.2 Å². The van der Waals surface area contributed by atoms with Crippen LogP contribution in [0.2, 0.25) is 0 Å². The molecule has 2 amide bonds. The minimum Gasteiger partial charge on any atom is -0.354 e. The molecule has 0 saturated carbocycles. The van der Waals surface area contributed by atoms with E-state index in [-0.39, 0.29) is 11.8 Å². The van der Waals surface area contributed by atoms with Crippen LogP contribution in [0.4, 0.5) is 0 Å². The van der Waals surface area contributed by atoms with Gasteiger partial charge in [-0.15, -0.1) is 0 Å². The Morgan fingerprint density at radius 2 is 2.07 bits per heavy atom. The molecule has 7 heteroatoms. The largest absolute Gasteiger partial charge is 0.354 e. The molecule has 2 aromatic rings. The number of thioether (sulfide) groups is 1. The van der Waals surface area contributed by atoms with Gasteiger partial charge in [-0.25, -0.2) is 4.98 Å². The molecular formula is C23H34N4O2S. The lowest BCUT2D eigenvalue weighted by atomic mass is 9.94. The first-order valence-corrected chi connectivity index (χ1v) is 12.2. The van der Waals surface area contributed by atoms with E-state index >= 15 is 0 Å². The number of nitrogens with zero attached hydrogens (tertiary/aromatic N) is 3. The van der Waals surface area contributed by atoms with Crippen LogP contribution in [0.15, 0.2) is 24.3 Å². The number of para-hydroxylation sites is 2. The van der Waals surface area contributed by atoms with Crippen LogP contribution in [0.3, 0.4) is 0 Å². The van der Waals surface area contributed by atoms with Crippen molar-refractivity contribution in [2.45, 2.75) is 59.0 Å². The first-order valence-electron chi connectivity index (χ1n) is 11.0. The average molecular weight is 431 g/mol. The molecule has 1 N–H and O–H groups in total. The molecule has 0 bridgehead atoms. The number of hydrogen-bond acceptors (Lipinski definition) is 4. The number of amides is 2. The highest BCUT2D eigenvalue weighted by Gasteiger charge is 2.48. The summed E-state index contributed by atoms with van der Waals surface area (Å²) in [7, 11) is 0. The number of aromatic nitrogens is 2. The maximum Gasteiger partial charge on any atom is 0.290 e. The van der Waals surface area contributed by atoms with E-state index in [4.69, 9.17) is 0 Å². The Morgan fingerprint density at radius 1 is 1.30 bits per heavy atom. The second kappa shape index (κ2) is 9.86. The summed E-state index contributed by atoms with van der Waals surface area (Å²) in [6.45, 7) is 9.95. The summed E-state index contributed by atoms with van der Waals surface area (Å²) in [6.07, 6.45) is 2.93. The van der Waals surface area contributed by atoms with Gasteiger partial charge in [-0.1, -0.05) is 32.9 Å². The van der Waals surface area contributed by atoms with Gasteiger partial charge in [0, 0.05) is 13.1 Å². The van der Waals surface area contributed by atoms with Gasteiger partial charge in [-0.3, -0.25) is 9.59 Å². The minimum atomic E-state index is -0.931. The van der Waals surface area contributed by atoms with Gasteiger partial charge >= 0.3 is 0 Å². The van der Waals surface area contributed by atoms with E-state index in [0.29, 0.717) is 31.4 Å². The Kier molecular flexibility index (Phi) is 7.45. The lowest BCUT2D eigenvalue weighted by Crippen LogP contribution is -2.64. The summed E-state index contributed by atoms with van der Waals surface area (Å²) in [5, 5.41) is 3.08. The standard InChI is InChI=1S/C23H34N4O2S/c1-5-14-30-15-8-13-27-21(28)20-25-18-9-6-7-10-19(18)26(20)16-23(27,4)22(29)24-12-11-17(2)3/h6-7,9-10,17H,5,8,11-16H2,1-4H3,(H,24,29). The molecule has 1 unspecified atom stereocenters. The van der Waals surface area contributed by atoms with Crippen molar-refractivity contribution >= 4 is 34.6 Å². The van der Waals surface area contributed by atoms with Gasteiger partial charge in [0.15, 0.2) is 5.82 Å². The van der Waals surface area contributed by atoms with Gasteiger partial charge < -0.3 is 14.8 Å². The first-order chi connectivity index (χ1) is 14.4. The molecule has 2 heterocycles. The Bertz CT molecular complexity index is 894. The summed E-state index contributed by atoms with van der Waals surface area (Å²) in [6, 6.07) is 7.75. The number of carbonyl (C=O) groups is 2. The van der Waals surface area contributed by atoms with Crippen molar-refractivity contribution in [3.8, 4) is 0 Å². The molecule has 30 heavy (non-hydrogen) atoms. The molecule has 1 atom stereocenters. The quantitative estimate of drug-likeness (QED) is 0.580. The number of fused-ring (bicyclic) bond motifs is 3. The lowest BCUT2D eigenvalue weighted by Gasteiger charge is -2.43. The van der Waals surface area contributed by atoms with E-state index in [2.05, 4.69) is 31.1 Å². The maximum atomic E-state index is 13.5. The summed E-state index contributed by atoms with van der Waals surface area (Å²) < 4.78 is 1.92. The summed E-state index contributed by atoms with van der Waals surface area (Å²) in [4.78, 5) is 33.1. The maximum absolute atomic E-state index is 13.5. The van der Waals surface area contributed by atoms with Crippen LogP contribution in [-0.4, -0.2) is 56.4 Å². The van der Waals surface area contributed by atoms with Gasteiger partial charge in [-0.2, -0.15) is 11.8 Å². The molecule has 1 aliphatic rings. The van der Waals surface area contributed by atoms with Crippen LogP contribution in [0, 0.1) is 5.92 Å². The van der Waals surface area contributed by atoms with Gasteiger partial charge in [0.2, 0.25) is 5.91 Å². The molecule has 0 spiro atoms. The van der Waals surface area contributed by atoms with E-state index in [0.717, 1.165) is 41.8 Å². The predicted molar refractivity (Wildman–Crippen MR) is 124 cm³/mol. The summed E-state index contributed by atoms with van der Waals surface area (Å²) in [5.41, 5.74) is 0.768. The Hall–Kier alpha value is -2.02. The zero-order valence-corrected chi connectivity index (χ0v) is 19.4. The van der Waals surface area contributed by atoms with Crippen LogP contribution in [0.25, 0.3) is 11.0 Å². The van der Waals surface area contributed by atoms with E-state index in [1.54, 1.807) is 4.90 Å². The van der Waals surface area contributed by atoms with Crippen LogP contribution >= 0.6 is 11.8 Å². The summed E-state index contributed by atoms with van der Waals surface area (Å²) in [5.74, 6) is 2.82. The van der Waals surface area contributed by atoms with E-state index in [1.807, 2.05) is 47.5 Å². The fourth-order valence-corrected chi connectivity index (χ4v) is 4.74. The third-order valence-electron chi connectivity index (χ3n) is 5.67. The molecular weight excluding hydrogens is 396 g/mol. The lowest BCUT2D eigenvalue weighted by molar-refractivity contribution is -0.132. The predicted octanol–water partition coefficient (Wildman–Crippen LogP) is 3.95. The van der Waals surface area contributed by atoms with Gasteiger partial charge in [0.05, 0.1) is 17.6 Å². The zero-order valence-electron chi connectivity index (χ0n) is 18.6. The van der Waals surface area contributed by atoms with E-state index in [9.17, 15) is 9.59 Å². The van der Waals surface area contributed by atoms with E-state index in [1.165, 1.54) is 0 Å². The number of carbonyl (C=O) groups excluding carboxylic acids is 2.